The summed E-state index contributed by atoms with van der Waals surface area (Å²) in [5.74, 6) is 7.10. The van der Waals surface area contributed by atoms with E-state index in [1.54, 1.807) is 0 Å². The molecule has 0 aliphatic rings. The van der Waals surface area contributed by atoms with Gasteiger partial charge in [0.1, 0.15) is 5.75 Å². The Hall–Kier alpha value is -1.91. The van der Waals surface area contributed by atoms with Crippen LogP contribution in [0.1, 0.15) is 24.5 Å². The van der Waals surface area contributed by atoms with Gasteiger partial charge in [0, 0.05) is 16.1 Å². The zero-order valence-corrected chi connectivity index (χ0v) is 11.6. The molecule has 0 aromatic heterocycles. The molecule has 2 aromatic rings. The van der Waals surface area contributed by atoms with Crippen molar-refractivity contribution in [3.8, 4) is 17.6 Å². The van der Waals surface area contributed by atoms with Gasteiger partial charge >= 0.3 is 0 Å². The molecule has 0 bridgehead atoms. The molecule has 0 spiro atoms. The van der Waals surface area contributed by atoms with Gasteiger partial charge in [0.2, 0.25) is 0 Å². The van der Waals surface area contributed by atoms with Gasteiger partial charge in [-0.05, 0) is 55.0 Å². The van der Waals surface area contributed by atoms with Crippen LogP contribution in [0.5, 0.6) is 5.75 Å². The highest BCUT2D eigenvalue weighted by Crippen LogP contribution is 2.12. The van der Waals surface area contributed by atoms with Crippen LogP contribution < -0.4 is 4.74 Å². The minimum Gasteiger partial charge on any atom is -0.494 e. The fourth-order valence-electron chi connectivity index (χ4n) is 1.53. The van der Waals surface area contributed by atoms with E-state index in [1.165, 1.54) is 0 Å². The zero-order chi connectivity index (χ0) is 13.5. The van der Waals surface area contributed by atoms with Crippen molar-refractivity contribution in [3.05, 3.63) is 64.7 Å². The van der Waals surface area contributed by atoms with E-state index in [9.17, 15) is 0 Å². The molecule has 2 rings (SSSR count). The maximum atomic E-state index is 5.83. The van der Waals surface area contributed by atoms with Crippen LogP contribution in [-0.2, 0) is 0 Å². The van der Waals surface area contributed by atoms with Crippen LogP contribution in [0.3, 0.4) is 0 Å². The first-order chi connectivity index (χ1) is 9.28. The summed E-state index contributed by atoms with van der Waals surface area (Å²) in [6.45, 7) is 2.84. The minimum atomic E-state index is 0.725. The van der Waals surface area contributed by atoms with Crippen LogP contribution in [-0.4, -0.2) is 6.61 Å². The third kappa shape index (κ3) is 4.35. The summed E-state index contributed by atoms with van der Waals surface area (Å²) in [5.41, 5.74) is 1.93. The second kappa shape index (κ2) is 6.87. The maximum absolute atomic E-state index is 5.83. The predicted molar refractivity (Wildman–Crippen MR) is 79.7 cm³/mol. The summed E-state index contributed by atoms with van der Waals surface area (Å²) in [6, 6.07) is 15.3. The van der Waals surface area contributed by atoms with Gasteiger partial charge < -0.3 is 4.74 Å². The van der Waals surface area contributed by atoms with Crippen molar-refractivity contribution in [1.82, 2.24) is 0 Å². The van der Waals surface area contributed by atoms with Crippen molar-refractivity contribution in [2.24, 2.45) is 0 Å². The van der Waals surface area contributed by atoms with Crippen LogP contribution in [0, 0.1) is 11.8 Å². The lowest BCUT2D eigenvalue weighted by molar-refractivity contribution is 0.317. The van der Waals surface area contributed by atoms with Crippen LogP contribution in [0.25, 0.3) is 0 Å². The van der Waals surface area contributed by atoms with Gasteiger partial charge in [0.15, 0.2) is 0 Å². The van der Waals surface area contributed by atoms with Gasteiger partial charge in [-0.2, -0.15) is 0 Å². The molecule has 0 aliphatic carbocycles. The van der Waals surface area contributed by atoms with Crippen LogP contribution >= 0.6 is 11.6 Å². The molecular weight excluding hydrogens is 256 g/mol. The number of hydrogen-bond acceptors (Lipinski definition) is 1. The molecule has 0 atom stereocenters. The standard InChI is InChI=1S/C17H15ClO/c1-2-13-19-17-11-7-15(8-12-17)4-3-14-5-9-16(18)10-6-14/h5-12H,2,13H2,1H3. The predicted octanol–water partition coefficient (Wildman–Crippen LogP) is 4.53. The molecule has 2 aromatic carbocycles. The Kier molecular flexibility index (Phi) is 4.89. The molecule has 0 saturated heterocycles. The molecule has 0 N–H and O–H groups in total. The SMILES string of the molecule is CCCOc1ccc(C#Cc2ccc(Cl)cc2)cc1. The first-order valence-corrected chi connectivity index (χ1v) is 6.66. The number of ether oxygens (including phenoxy) is 1. The van der Waals surface area contributed by atoms with E-state index in [0.29, 0.717) is 0 Å². The number of rotatable bonds is 3. The lowest BCUT2D eigenvalue weighted by Gasteiger charge is -2.03. The zero-order valence-electron chi connectivity index (χ0n) is 10.8. The minimum absolute atomic E-state index is 0.725. The Balaban J connectivity index is 2.05. The second-order valence-corrected chi connectivity index (χ2v) is 4.57. The maximum Gasteiger partial charge on any atom is 0.119 e. The van der Waals surface area contributed by atoms with E-state index >= 15 is 0 Å². The summed E-state index contributed by atoms with van der Waals surface area (Å²) < 4.78 is 5.52. The van der Waals surface area contributed by atoms with Crippen LogP contribution in [0.15, 0.2) is 48.5 Å². The van der Waals surface area contributed by atoms with Crippen LogP contribution in [0.4, 0.5) is 0 Å². The summed E-state index contributed by atoms with van der Waals surface area (Å²) in [7, 11) is 0. The number of halogens is 1. The monoisotopic (exact) mass is 270 g/mol. The van der Waals surface area contributed by atoms with Crippen LogP contribution in [0.2, 0.25) is 5.02 Å². The fraction of sp³-hybridized carbons (Fsp3) is 0.176. The first kappa shape index (κ1) is 13.5. The van der Waals surface area contributed by atoms with Crippen molar-refractivity contribution in [2.45, 2.75) is 13.3 Å². The van der Waals surface area contributed by atoms with E-state index in [0.717, 1.165) is 34.9 Å². The molecule has 0 amide bonds. The van der Waals surface area contributed by atoms with E-state index in [2.05, 4.69) is 18.8 Å². The summed E-state index contributed by atoms with van der Waals surface area (Å²) in [5, 5.41) is 0.725. The Labute approximate surface area is 119 Å². The van der Waals surface area contributed by atoms with E-state index in [4.69, 9.17) is 16.3 Å². The molecule has 0 fully saturated rings. The largest absolute Gasteiger partial charge is 0.494 e. The molecule has 19 heavy (non-hydrogen) atoms. The molecule has 0 saturated carbocycles. The van der Waals surface area contributed by atoms with Gasteiger partial charge in [-0.3, -0.25) is 0 Å². The molecule has 2 heteroatoms. The molecule has 1 nitrogen and oxygen atoms in total. The van der Waals surface area contributed by atoms with E-state index < -0.39 is 0 Å². The van der Waals surface area contributed by atoms with Gasteiger partial charge in [0.05, 0.1) is 6.61 Å². The number of hydrogen-bond donors (Lipinski definition) is 0. The molecular formula is C17H15ClO. The lowest BCUT2D eigenvalue weighted by atomic mass is 10.2. The summed E-state index contributed by atoms with van der Waals surface area (Å²) in [6.07, 6.45) is 1.01. The molecule has 0 radical (unpaired) electrons. The highest BCUT2D eigenvalue weighted by Gasteiger charge is 1.93. The Morgan fingerprint density at radius 2 is 1.42 bits per heavy atom. The third-order valence-corrected chi connectivity index (χ3v) is 2.77. The van der Waals surface area contributed by atoms with Gasteiger partial charge in [-0.15, -0.1) is 0 Å². The normalized spacial score (nSPS) is 9.58. The average molecular weight is 271 g/mol. The Bertz CT molecular complexity index is 573. The fourth-order valence-corrected chi connectivity index (χ4v) is 1.66. The summed E-state index contributed by atoms with van der Waals surface area (Å²) in [4.78, 5) is 0. The van der Waals surface area contributed by atoms with Crippen molar-refractivity contribution >= 4 is 11.6 Å². The summed E-state index contributed by atoms with van der Waals surface area (Å²) >= 11 is 5.83. The van der Waals surface area contributed by atoms with Crippen molar-refractivity contribution in [3.63, 3.8) is 0 Å². The molecule has 0 aliphatic heterocycles. The van der Waals surface area contributed by atoms with Gasteiger partial charge in [-0.25, -0.2) is 0 Å². The molecule has 0 heterocycles. The Morgan fingerprint density at radius 3 is 1.95 bits per heavy atom. The highest BCUT2D eigenvalue weighted by atomic mass is 35.5. The smallest absolute Gasteiger partial charge is 0.119 e. The average Bonchev–Trinajstić information content (AvgIpc) is 2.46. The topological polar surface area (TPSA) is 9.23 Å². The second-order valence-electron chi connectivity index (χ2n) is 4.13. The van der Waals surface area contributed by atoms with Gasteiger partial charge in [-0.1, -0.05) is 30.4 Å². The first-order valence-electron chi connectivity index (χ1n) is 6.28. The number of benzene rings is 2. The lowest BCUT2D eigenvalue weighted by Crippen LogP contribution is -1.94. The quantitative estimate of drug-likeness (QED) is 0.745. The molecule has 96 valence electrons. The van der Waals surface area contributed by atoms with Crippen molar-refractivity contribution in [2.75, 3.05) is 6.61 Å². The van der Waals surface area contributed by atoms with E-state index in [1.807, 2.05) is 48.5 Å². The Morgan fingerprint density at radius 1 is 0.895 bits per heavy atom. The third-order valence-electron chi connectivity index (χ3n) is 2.52. The molecule has 0 unspecified atom stereocenters. The van der Waals surface area contributed by atoms with Crippen molar-refractivity contribution < 1.29 is 4.74 Å². The van der Waals surface area contributed by atoms with Crippen molar-refractivity contribution in [1.29, 1.82) is 0 Å². The highest BCUT2D eigenvalue weighted by molar-refractivity contribution is 6.30. The van der Waals surface area contributed by atoms with E-state index in [-0.39, 0.29) is 0 Å². The van der Waals surface area contributed by atoms with Gasteiger partial charge in [0.25, 0.3) is 0 Å².